The van der Waals surface area contributed by atoms with Crippen LogP contribution in [0.1, 0.15) is 69.2 Å². The maximum atomic E-state index is 11.4. The molecule has 28 heavy (non-hydrogen) atoms. The molecular weight excluding hydrogens is 354 g/mol. The molecule has 2 aromatic rings. The van der Waals surface area contributed by atoms with Crippen LogP contribution in [0, 0.1) is 0 Å². The number of cyclic esters (lactones) is 1. The minimum atomic E-state index is -0.845. The van der Waals surface area contributed by atoms with Crippen molar-refractivity contribution in [3.63, 3.8) is 0 Å². The third-order valence-corrected chi connectivity index (χ3v) is 5.26. The Balaban J connectivity index is 1.80. The summed E-state index contributed by atoms with van der Waals surface area (Å²) in [6, 6.07) is 7.85. The highest BCUT2D eigenvalue weighted by atomic mass is 16.6. The highest BCUT2D eigenvalue weighted by molar-refractivity contribution is 5.92. The fraction of sp³-hybridized carbons (Fsp3) is 0.478. The molecule has 1 aromatic carbocycles. The Morgan fingerprint density at radius 3 is 2.79 bits per heavy atom. The summed E-state index contributed by atoms with van der Waals surface area (Å²) in [6.07, 6.45) is 9.00. The van der Waals surface area contributed by atoms with Gasteiger partial charge in [-0.25, -0.2) is 0 Å². The first-order chi connectivity index (χ1) is 13.6. The summed E-state index contributed by atoms with van der Waals surface area (Å²) >= 11 is 0. The molecule has 0 spiro atoms. The Morgan fingerprint density at radius 2 is 2.04 bits per heavy atom. The summed E-state index contributed by atoms with van der Waals surface area (Å²) < 4.78 is 5.23. The van der Waals surface area contributed by atoms with Gasteiger partial charge in [0.25, 0.3) is 0 Å². The Kier molecular flexibility index (Phi) is 7.18. The van der Waals surface area contributed by atoms with Crippen molar-refractivity contribution in [1.82, 2.24) is 4.98 Å². The third kappa shape index (κ3) is 4.97. The molecule has 0 bridgehead atoms. The van der Waals surface area contributed by atoms with Crippen molar-refractivity contribution >= 4 is 22.8 Å². The normalized spacial score (nSPS) is 19.7. The lowest BCUT2D eigenvalue weighted by molar-refractivity contribution is -0.158. The predicted octanol–water partition coefficient (Wildman–Crippen LogP) is 4.32. The van der Waals surface area contributed by atoms with Gasteiger partial charge < -0.3 is 14.9 Å². The van der Waals surface area contributed by atoms with Gasteiger partial charge in [0, 0.05) is 23.6 Å². The van der Waals surface area contributed by atoms with Gasteiger partial charge in [-0.2, -0.15) is 0 Å². The van der Waals surface area contributed by atoms with Crippen molar-refractivity contribution < 1.29 is 19.7 Å². The number of ether oxygens (including phenoxy) is 1. The smallest absolute Gasteiger partial charge is 0.306 e. The zero-order chi connectivity index (χ0) is 19.9. The standard InChI is InChI=1S/C23H29NO4/c1-2-3-4-10-20(26)23-18-9-6-5-8-17(18)16(15-24-23)13-14-19(25)21-11-7-12-22(27)28-21/h5-6,8-9,13-15,19-21,25-26H,2-4,7,10-12H2,1H3/b14-13+/t19-,20+,21+/m1/s1. The van der Waals surface area contributed by atoms with E-state index in [0.29, 0.717) is 25.0 Å². The van der Waals surface area contributed by atoms with Crippen molar-refractivity contribution in [3.05, 3.63) is 47.8 Å². The molecule has 2 N–H and O–H groups in total. The Labute approximate surface area is 166 Å². The lowest BCUT2D eigenvalue weighted by atomic mass is 9.98. The molecule has 5 heteroatoms. The van der Waals surface area contributed by atoms with E-state index in [1.165, 1.54) is 0 Å². The topological polar surface area (TPSA) is 79.7 Å². The number of pyridine rings is 1. The summed E-state index contributed by atoms with van der Waals surface area (Å²) in [5, 5.41) is 22.8. The molecule has 3 rings (SSSR count). The number of benzene rings is 1. The van der Waals surface area contributed by atoms with E-state index in [1.54, 1.807) is 12.3 Å². The zero-order valence-electron chi connectivity index (χ0n) is 16.4. The van der Waals surface area contributed by atoms with E-state index >= 15 is 0 Å². The quantitative estimate of drug-likeness (QED) is 0.524. The van der Waals surface area contributed by atoms with Crippen LogP contribution in [0.25, 0.3) is 16.8 Å². The number of unbranched alkanes of at least 4 members (excludes halogenated alkanes) is 2. The van der Waals surface area contributed by atoms with E-state index in [2.05, 4.69) is 11.9 Å². The molecule has 1 aromatic heterocycles. The first-order valence-electron chi connectivity index (χ1n) is 10.2. The summed E-state index contributed by atoms with van der Waals surface area (Å²) in [6.45, 7) is 2.14. The highest BCUT2D eigenvalue weighted by Gasteiger charge is 2.25. The van der Waals surface area contributed by atoms with Crippen LogP contribution in [0.3, 0.4) is 0 Å². The van der Waals surface area contributed by atoms with Crippen LogP contribution in [-0.2, 0) is 9.53 Å². The van der Waals surface area contributed by atoms with Gasteiger partial charge in [-0.1, -0.05) is 62.6 Å². The van der Waals surface area contributed by atoms with Gasteiger partial charge in [-0.05, 0) is 24.6 Å². The van der Waals surface area contributed by atoms with Crippen molar-refractivity contribution in [3.8, 4) is 0 Å². The first-order valence-corrected chi connectivity index (χ1v) is 10.2. The molecule has 0 radical (unpaired) electrons. The van der Waals surface area contributed by atoms with Gasteiger partial charge in [-0.3, -0.25) is 9.78 Å². The molecule has 150 valence electrons. The van der Waals surface area contributed by atoms with Crippen molar-refractivity contribution in [1.29, 1.82) is 0 Å². The van der Waals surface area contributed by atoms with Crippen molar-refractivity contribution in [2.24, 2.45) is 0 Å². The van der Waals surface area contributed by atoms with Crippen LogP contribution >= 0.6 is 0 Å². The average Bonchev–Trinajstić information content (AvgIpc) is 2.71. The molecular formula is C23H29NO4. The van der Waals surface area contributed by atoms with Crippen LogP contribution in [0.2, 0.25) is 0 Å². The van der Waals surface area contributed by atoms with E-state index in [4.69, 9.17) is 4.74 Å². The summed E-state index contributed by atoms with van der Waals surface area (Å²) in [5.74, 6) is -0.253. The number of fused-ring (bicyclic) bond motifs is 1. The number of aromatic nitrogens is 1. The number of hydrogen-bond donors (Lipinski definition) is 2. The molecule has 0 saturated carbocycles. The molecule has 1 aliphatic rings. The van der Waals surface area contributed by atoms with Crippen molar-refractivity contribution in [2.75, 3.05) is 0 Å². The number of aliphatic hydroxyl groups excluding tert-OH is 2. The van der Waals surface area contributed by atoms with E-state index in [1.807, 2.05) is 30.3 Å². The molecule has 2 heterocycles. The SMILES string of the molecule is CCCCC[C@H](O)c1ncc(/C=C/[C@@H](O)[C@@H]2CCCC(=O)O2)c2ccccc12. The Morgan fingerprint density at radius 1 is 1.25 bits per heavy atom. The largest absolute Gasteiger partial charge is 0.459 e. The Bertz CT molecular complexity index is 832. The molecule has 3 atom stereocenters. The zero-order valence-corrected chi connectivity index (χ0v) is 16.4. The van der Waals surface area contributed by atoms with Crippen molar-refractivity contribution in [2.45, 2.75) is 70.2 Å². The van der Waals surface area contributed by atoms with Crippen LogP contribution in [0.5, 0.6) is 0 Å². The molecule has 1 fully saturated rings. The lowest BCUT2D eigenvalue weighted by Crippen LogP contribution is -2.33. The number of nitrogens with zero attached hydrogens (tertiary/aromatic N) is 1. The third-order valence-electron chi connectivity index (χ3n) is 5.26. The summed E-state index contributed by atoms with van der Waals surface area (Å²) in [4.78, 5) is 16.0. The molecule has 0 amide bonds. The molecule has 1 saturated heterocycles. The highest BCUT2D eigenvalue weighted by Crippen LogP contribution is 2.29. The molecule has 0 aliphatic carbocycles. The predicted molar refractivity (Wildman–Crippen MR) is 110 cm³/mol. The number of esters is 1. The average molecular weight is 383 g/mol. The maximum absolute atomic E-state index is 11.4. The number of hydrogen-bond acceptors (Lipinski definition) is 5. The summed E-state index contributed by atoms with van der Waals surface area (Å²) in [7, 11) is 0. The van der Waals surface area contributed by atoms with Crippen LogP contribution in [0.15, 0.2) is 36.5 Å². The Hall–Kier alpha value is -2.24. The van der Waals surface area contributed by atoms with E-state index in [9.17, 15) is 15.0 Å². The molecule has 0 unspecified atom stereocenters. The van der Waals surface area contributed by atoms with E-state index in [0.717, 1.165) is 42.0 Å². The molecule has 5 nitrogen and oxygen atoms in total. The van der Waals surface area contributed by atoms with Gasteiger partial charge in [-0.15, -0.1) is 0 Å². The van der Waals surface area contributed by atoms with E-state index in [-0.39, 0.29) is 5.97 Å². The van der Waals surface area contributed by atoms with Gasteiger partial charge in [0.15, 0.2) is 0 Å². The molecule has 1 aliphatic heterocycles. The minimum absolute atomic E-state index is 0.253. The number of aliphatic hydroxyl groups is 2. The van der Waals surface area contributed by atoms with Crippen LogP contribution in [-0.4, -0.2) is 33.4 Å². The number of rotatable bonds is 8. The number of carbonyl (C=O) groups excluding carboxylic acids is 1. The first kappa shape index (κ1) is 20.5. The van der Waals surface area contributed by atoms with Crippen LogP contribution in [0.4, 0.5) is 0 Å². The van der Waals surface area contributed by atoms with Gasteiger partial charge >= 0.3 is 5.97 Å². The lowest BCUT2D eigenvalue weighted by Gasteiger charge is -2.24. The second-order valence-electron chi connectivity index (χ2n) is 7.43. The van der Waals surface area contributed by atoms with Gasteiger partial charge in [0.2, 0.25) is 0 Å². The maximum Gasteiger partial charge on any atom is 0.306 e. The fourth-order valence-electron chi connectivity index (χ4n) is 3.66. The minimum Gasteiger partial charge on any atom is -0.459 e. The second-order valence-corrected chi connectivity index (χ2v) is 7.43. The summed E-state index contributed by atoms with van der Waals surface area (Å²) in [5.41, 5.74) is 1.56. The van der Waals surface area contributed by atoms with Gasteiger partial charge in [0.05, 0.1) is 11.8 Å². The monoisotopic (exact) mass is 383 g/mol. The van der Waals surface area contributed by atoms with Gasteiger partial charge in [0.1, 0.15) is 12.2 Å². The van der Waals surface area contributed by atoms with E-state index < -0.39 is 18.3 Å². The van der Waals surface area contributed by atoms with Crippen LogP contribution < -0.4 is 0 Å². The second kappa shape index (κ2) is 9.80. The number of carbonyl (C=O) groups is 1. The fourth-order valence-corrected chi connectivity index (χ4v) is 3.66.